The molecule has 0 atom stereocenters. The van der Waals surface area contributed by atoms with Gasteiger partial charge in [-0.15, -0.1) is 11.3 Å². The SMILES string of the molecule is COC(=O)CSc1ncnc2sc(C)c(Cl)c12. The summed E-state index contributed by atoms with van der Waals surface area (Å²) in [4.78, 5) is 21.3. The summed E-state index contributed by atoms with van der Waals surface area (Å²) in [7, 11) is 1.36. The minimum atomic E-state index is -0.287. The van der Waals surface area contributed by atoms with E-state index in [9.17, 15) is 4.79 Å². The maximum atomic E-state index is 11.1. The summed E-state index contributed by atoms with van der Waals surface area (Å²) in [5.41, 5.74) is 0. The lowest BCUT2D eigenvalue weighted by Gasteiger charge is -2.01. The standard InChI is InChI=1S/C10H9ClN2O2S2/c1-5-8(11)7-9(16-3-6(14)15-2)12-4-13-10(7)17-5/h4H,3H2,1-2H3. The predicted octanol–water partition coefficient (Wildman–Crippen LogP) is 2.92. The van der Waals surface area contributed by atoms with Gasteiger partial charge in [0.2, 0.25) is 0 Å². The molecule has 0 spiro atoms. The molecule has 90 valence electrons. The first-order valence-corrected chi connectivity index (χ1v) is 6.90. The third kappa shape index (κ3) is 2.53. The fraction of sp³-hybridized carbons (Fsp3) is 0.300. The minimum absolute atomic E-state index is 0.216. The molecule has 0 saturated carbocycles. The van der Waals surface area contributed by atoms with Gasteiger partial charge in [0.25, 0.3) is 0 Å². The third-order valence-electron chi connectivity index (χ3n) is 2.11. The molecule has 2 aromatic heterocycles. The summed E-state index contributed by atoms with van der Waals surface area (Å²) in [5.74, 6) is -0.0711. The van der Waals surface area contributed by atoms with Gasteiger partial charge in [0.1, 0.15) is 16.2 Å². The Kier molecular flexibility index (Phi) is 3.86. The molecule has 17 heavy (non-hydrogen) atoms. The number of ether oxygens (including phenoxy) is 1. The number of halogens is 1. The number of aromatic nitrogens is 2. The van der Waals surface area contributed by atoms with E-state index in [0.29, 0.717) is 5.02 Å². The van der Waals surface area contributed by atoms with Crippen LogP contribution in [0.5, 0.6) is 0 Å². The summed E-state index contributed by atoms with van der Waals surface area (Å²) in [6.45, 7) is 1.93. The number of hydrogen-bond acceptors (Lipinski definition) is 6. The highest BCUT2D eigenvalue weighted by molar-refractivity contribution is 8.00. The number of esters is 1. The number of methoxy groups -OCH3 is 1. The Morgan fingerprint density at radius 1 is 1.59 bits per heavy atom. The number of carbonyl (C=O) groups is 1. The van der Waals surface area contributed by atoms with Crippen LogP contribution in [0.2, 0.25) is 5.02 Å². The highest BCUT2D eigenvalue weighted by Crippen LogP contribution is 2.38. The normalized spacial score (nSPS) is 10.8. The number of hydrogen-bond donors (Lipinski definition) is 0. The zero-order valence-corrected chi connectivity index (χ0v) is 11.6. The van der Waals surface area contributed by atoms with Crippen LogP contribution >= 0.6 is 34.7 Å². The van der Waals surface area contributed by atoms with Crippen molar-refractivity contribution in [2.75, 3.05) is 12.9 Å². The van der Waals surface area contributed by atoms with Crippen LogP contribution in [0.15, 0.2) is 11.4 Å². The molecule has 0 amide bonds. The van der Waals surface area contributed by atoms with Crippen molar-refractivity contribution in [2.24, 2.45) is 0 Å². The molecule has 0 aliphatic rings. The molecule has 7 heteroatoms. The van der Waals surface area contributed by atoms with Gasteiger partial charge >= 0.3 is 5.97 Å². The molecule has 0 aliphatic heterocycles. The Balaban J connectivity index is 2.37. The van der Waals surface area contributed by atoms with E-state index in [-0.39, 0.29) is 11.7 Å². The van der Waals surface area contributed by atoms with Crippen LogP contribution in [0.4, 0.5) is 0 Å². The first-order valence-electron chi connectivity index (χ1n) is 4.72. The second kappa shape index (κ2) is 5.20. The molecular weight excluding hydrogens is 280 g/mol. The molecule has 0 bridgehead atoms. The van der Waals surface area contributed by atoms with Crippen molar-refractivity contribution in [1.82, 2.24) is 9.97 Å². The second-order valence-electron chi connectivity index (χ2n) is 3.20. The van der Waals surface area contributed by atoms with E-state index in [0.717, 1.165) is 20.1 Å². The Hall–Kier alpha value is -0.850. The lowest BCUT2D eigenvalue weighted by atomic mass is 10.4. The Morgan fingerprint density at radius 2 is 2.35 bits per heavy atom. The summed E-state index contributed by atoms with van der Waals surface area (Å²) in [5, 5.41) is 2.21. The molecule has 2 rings (SSSR count). The molecule has 0 N–H and O–H groups in total. The molecule has 2 heterocycles. The molecule has 0 aliphatic carbocycles. The summed E-state index contributed by atoms with van der Waals surface area (Å²) < 4.78 is 4.59. The Morgan fingerprint density at radius 3 is 3.06 bits per heavy atom. The summed E-state index contributed by atoms with van der Waals surface area (Å²) in [6.07, 6.45) is 1.48. The van der Waals surface area contributed by atoms with Gasteiger partial charge in [0.15, 0.2) is 0 Å². The maximum Gasteiger partial charge on any atom is 0.316 e. The van der Waals surface area contributed by atoms with Crippen LogP contribution in [0, 0.1) is 6.92 Å². The van der Waals surface area contributed by atoms with Gasteiger partial charge in [0.05, 0.1) is 23.3 Å². The minimum Gasteiger partial charge on any atom is -0.468 e. The Labute approximate surface area is 111 Å². The van der Waals surface area contributed by atoms with E-state index in [4.69, 9.17) is 11.6 Å². The van der Waals surface area contributed by atoms with Crippen LogP contribution in [0.25, 0.3) is 10.2 Å². The molecule has 0 radical (unpaired) electrons. The van der Waals surface area contributed by atoms with E-state index < -0.39 is 0 Å². The summed E-state index contributed by atoms with van der Waals surface area (Å²) >= 11 is 9.02. The summed E-state index contributed by atoms with van der Waals surface area (Å²) in [6, 6.07) is 0. The van der Waals surface area contributed by atoms with Crippen molar-refractivity contribution in [3.63, 3.8) is 0 Å². The number of rotatable bonds is 3. The van der Waals surface area contributed by atoms with Crippen molar-refractivity contribution >= 4 is 50.9 Å². The first kappa shape index (κ1) is 12.6. The molecule has 4 nitrogen and oxygen atoms in total. The van der Waals surface area contributed by atoms with Crippen LogP contribution in [-0.4, -0.2) is 28.8 Å². The van der Waals surface area contributed by atoms with E-state index in [1.54, 1.807) is 0 Å². The highest BCUT2D eigenvalue weighted by Gasteiger charge is 2.14. The number of thiophene rings is 1. The van der Waals surface area contributed by atoms with Gasteiger partial charge in [-0.05, 0) is 6.92 Å². The molecule has 0 saturated heterocycles. The van der Waals surface area contributed by atoms with E-state index in [2.05, 4.69) is 14.7 Å². The highest BCUT2D eigenvalue weighted by atomic mass is 35.5. The number of thioether (sulfide) groups is 1. The van der Waals surface area contributed by atoms with Gasteiger partial charge in [-0.1, -0.05) is 23.4 Å². The molecule has 0 aromatic carbocycles. The average molecular weight is 289 g/mol. The van der Waals surface area contributed by atoms with Gasteiger partial charge < -0.3 is 4.74 Å². The van der Waals surface area contributed by atoms with Gasteiger partial charge in [-0.25, -0.2) is 9.97 Å². The zero-order chi connectivity index (χ0) is 12.4. The largest absolute Gasteiger partial charge is 0.468 e. The van der Waals surface area contributed by atoms with Crippen LogP contribution in [0.1, 0.15) is 4.88 Å². The average Bonchev–Trinajstić information content (AvgIpc) is 2.63. The maximum absolute atomic E-state index is 11.1. The zero-order valence-electron chi connectivity index (χ0n) is 9.19. The van der Waals surface area contributed by atoms with E-state index in [1.807, 2.05) is 6.92 Å². The Bertz CT molecular complexity index is 571. The monoisotopic (exact) mass is 288 g/mol. The van der Waals surface area contributed by atoms with E-state index >= 15 is 0 Å². The second-order valence-corrected chi connectivity index (χ2v) is 5.74. The van der Waals surface area contributed by atoms with Crippen LogP contribution < -0.4 is 0 Å². The first-order chi connectivity index (χ1) is 8.13. The number of aryl methyl sites for hydroxylation is 1. The van der Waals surface area contributed by atoms with Gasteiger partial charge in [0, 0.05) is 4.88 Å². The van der Waals surface area contributed by atoms with E-state index in [1.165, 1.54) is 36.5 Å². The van der Waals surface area contributed by atoms with Crippen molar-refractivity contribution in [2.45, 2.75) is 11.9 Å². The predicted molar refractivity (Wildman–Crippen MR) is 69.9 cm³/mol. The van der Waals surface area contributed by atoms with Gasteiger partial charge in [-0.2, -0.15) is 0 Å². The van der Waals surface area contributed by atoms with Crippen molar-refractivity contribution in [3.8, 4) is 0 Å². The smallest absolute Gasteiger partial charge is 0.316 e. The van der Waals surface area contributed by atoms with Crippen LogP contribution in [0.3, 0.4) is 0 Å². The van der Waals surface area contributed by atoms with Gasteiger partial charge in [-0.3, -0.25) is 4.79 Å². The third-order valence-corrected chi connectivity index (χ3v) is 4.67. The fourth-order valence-corrected chi connectivity index (χ4v) is 3.47. The molecular formula is C10H9ClN2O2S2. The lowest BCUT2D eigenvalue weighted by molar-refractivity contribution is -0.137. The number of fused-ring (bicyclic) bond motifs is 1. The van der Waals surface area contributed by atoms with Crippen molar-refractivity contribution in [1.29, 1.82) is 0 Å². The quantitative estimate of drug-likeness (QED) is 0.494. The van der Waals surface area contributed by atoms with Crippen LogP contribution in [-0.2, 0) is 9.53 Å². The molecule has 0 fully saturated rings. The van der Waals surface area contributed by atoms with Crippen molar-refractivity contribution in [3.05, 3.63) is 16.2 Å². The number of carbonyl (C=O) groups excluding carboxylic acids is 1. The lowest BCUT2D eigenvalue weighted by Crippen LogP contribution is -2.03. The molecule has 2 aromatic rings. The topological polar surface area (TPSA) is 52.1 Å². The number of nitrogens with zero attached hydrogens (tertiary/aromatic N) is 2. The molecule has 0 unspecified atom stereocenters. The fourth-order valence-electron chi connectivity index (χ4n) is 1.28. The van der Waals surface area contributed by atoms with Crippen molar-refractivity contribution < 1.29 is 9.53 Å².